The van der Waals surface area contributed by atoms with Crippen molar-refractivity contribution in [3.63, 3.8) is 0 Å². The number of halogens is 1. The molecule has 0 saturated carbocycles. The Morgan fingerprint density at radius 3 is 2.71 bits per heavy atom. The Labute approximate surface area is 206 Å². The number of nitrogens with one attached hydrogen (secondary N) is 2. The van der Waals surface area contributed by atoms with Gasteiger partial charge < -0.3 is 5.32 Å². The zero-order valence-electron chi connectivity index (χ0n) is 18.8. The number of rotatable bonds is 6. The number of aromatic amines is 1. The smallest absolute Gasteiger partial charge is 0.256 e. The highest BCUT2D eigenvalue weighted by molar-refractivity contribution is 7.99. The van der Waals surface area contributed by atoms with Gasteiger partial charge in [0.1, 0.15) is 5.82 Å². The van der Waals surface area contributed by atoms with Gasteiger partial charge in [0.05, 0.1) is 28.2 Å². The molecule has 172 valence electrons. The minimum absolute atomic E-state index is 0.167. The normalized spacial score (nSPS) is 11.3. The molecule has 0 atom stereocenters. The van der Waals surface area contributed by atoms with E-state index in [0.717, 1.165) is 37.6 Å². The first-order chi connectivity index (χ1) is 17.1. The van der Waals surface area contributed by atoms with E-state index in [0.29, 0.717) is 5.56 Å². The fraction of sp³-hybridized carbons (Fsp3) is 0.0357. The van der Waals surface area contributed by atoms with E-state index in [9.17, 15) is 9.18 Å². The molecule has 3 aromatic carbocycles. The van der Waals surface area contributed by atoms with E-state index in [1.54, 1.807) is 30.5 Å². The Kier molecular flexibility index (Phi) is 6.41. The first-order valence-corrected chi connectivity index (χ1v) is 11.8. The van der Waals surface area contributed by atoms with Crippen molar-refractivity contribution in [3.8, 4) is 0 Å². The summed E-state index contributed by atoms with van der Waals surface area (Å²) >= 11 is 1.46. The summed E-state index contributed by atoms with van der Waals surface area (Å²) in [5, 5.41) is 11.2. The van der Waals surface area contributed by atoms with E-state index in [-0.39, 0.29) is 11.6 Å². The second-order valence-electron chi connectivity index (χ2n) is 7.94. The van der Waals surface area contributed by atoms with Crippen LogP contribution in [-0.2, 0) is 0 Å². The standard InChI is InChI=1S/C28H21FN4OS/c1-18-9-13-23(29)26(16-18)31-28(34)22-7-2-3-8-27(22)35-20-11-12-21-24(32-33-25(21)17-20)14-10-19-6-4-5-15-30-19/h2-17H,1H3,(H,31,34)(H,32,33)/b14-10+. The molecule has 5 rings (SSSR count). The van der Waals surface area contributed by atoms with E-state index in [2.05, 4.69) is 20.5 Å². The maximum Gasteiger partial charge on any atom is 0.256 e. The van der Waals surface area contributed by atoms with Crippen molar-refractivity contribution in [2.24, 2.45) is 0 Å². The van der Waals surface area contributed by atoms with Crippen LogP contribution in [0.5, 0.6) is 0 Å². The second-order valence-corrected chi connectivity index (χ2v) is 9.06. The van der Waals surface area contributed by atoms with Crippen molar-refractivity contribution in [1.29, 1.82) is 0 Å². The van der Waals surface area contributed by atoms with Crippen LogP contribution in [0.25, 0.3) is 23.1 Å². The molecule has 2 aromatic heterocycles. The fourth-order valence-corrected chi connectivity index (χ4v) is 4.63. The molecule has 35 heavy (non-hydrogen) atoms. The summed E-state index contributed by atoms with van der Waals surface area (Å²) in [7, 11) is 0. The Bertz CT molecular complexity index is 1550. The maximum absolute atomic E-state index is 14.2. The number of H-pyrrole nitrogens is 1. The first-order valence-electron chi connectivity index (χ1n) is 11.0. The second kappa shape index (κ2) is 9.95. The molecular weight excluding hydrogens is 459 g/mol. The van der Waals surface area contributed by atoms with Crippen LogP contribution in [0.1, 0.15) is 27.3 Å². The van der Waals surface area contributed by atoms with Gasteiger partial charge in [-0.2, -0.15) is 5.10 Å². The van der Waals surface area contributed by atoms with Crippen molar-refractivity contribution in [1.82, 2.24) is 15.2 Å². The number of pyridine rings is 1. The van der Waals surface area contributed by atoms with Gasteiger partial charge in [-0.1, -0.05) is 36.0 Å². The van der Waals surface area contributed by atoms with Gasteiger partial charge in [-0.05, 0) is 79.2 Å². The molecule has 5 aromatic rings. The lowest BCUT2D eigenvalue weighted by Crippen LogP contribution is -2.14. The number of nitrogens with zero attached hydrogens (tertiary/aromatic N) is 2. The molecule has 1 amide bonds. The molecule has 0 spiro atoms. The van der Waals surface area contributed by atoms with Gasteiger partial charge in [0.25, 0.3) is 5.91 Å². The monoisotopic (exact) mass is 480 g/mol. The number of fused-ring (bicyclic) bond motifs is 1. The van der Waals surface area contributed by atoms with Gasteiger partial charge in [0, 0.05) is 21.4 Å². The largest absolute Gasteiger partial charge is 0.319 e. The summed E-state index contributed by atoms with van der Waals surface area (Å²) in [5.74, 6) is -0.825. The van der Waals surface area contributed by atoms with Crippen LogP contribution < -0.4 is 5.32 Å². The topological polar surface area (TPSA) is 70.7 Å². The van der Waals surface area contributed by atoms with Crippen molar-refractivity contribution in [2.45, 2.75) is 16.7 Å². The fourth-order valence-electron chi connectivity index (χ4n) is 3.64. The molecule has 0 saturated heterocycles. The summed E-state index contributed by atoms with van der Waals surface area (Å²) < 4.78 is 14.2. The SMILES string of the molecule is Cc1ccc(F)c(NC(=O)c2ccccc2Sc2ccc3c(/C=C/c4ccccn4)n[nH]c3c2)c1. The number of anilines is 1. The molecular formula is C28H21FN4OS. The summed E-state index contributed by atoms with van der Waals surface area (Å²) in [6, 6.07) is 23.7. The Morgan fingerprint density at radius 2 is 1.86 bits per heavy atom. The summed E-state index contributed by atoms with van der Waals surface area (Å²) in [5.41, 5.74) is 4.08. The molecule has 0 unspecified atom stereocenters. The highest BCUT2D eigenvalue weighted by Gasteiger charge is 2.15. The average molecular weight is 481 g/mol. The van der Waals surface area contributed by atoms with Crippen molar-refractivity contribution < 1.29 is 9.18 Å². The van der Waals surface area contributed by atoms with Crippen molar-refractivity contribution in [3.05, 3.63) is 113 Å². The Morgan fingerprint density at radius 1 is 1.00 bits per heavy atom. The molecule has 0 fully saturated rings. The van der Waals surface area contributed by atoms with Crippen molar-refractivity contribution >= 4 is 46.4 Å². The van der Waals surface area contributed by atoms with Gasteiger partial charge in [-0.15, -0.1) is 0 Å². The summed E-state index contributed by atoms with van der Waals surface area (Å²) in [6.07, 6.45) is 5.60. The van der Waals surface area contributed by atoms with Gasteiger partial charge in [0.2, 0.25) is 0 Å². The number of hydrogen-bond donors (Lipinski definition) is 2. The minimum atomic E-state index is -0.466. The lowest BCUT2D eigenvalue weighted by Gasteiger charge is -2.11. The van der Waals surface area contributed by atoms with Gasteiger partial charge in [0.15, 0.2) is 0 Å². The molecule has 0 aliphatic heterocycles. The van der Waals surface area contributed by atoms with E-state index >= 15 is 0 Å². The van der Waals surface area contributed by atoms with Gasteiger partial charge in [-0.25, -0.2) is 4.39 Å². The van der Waals surface area contributed by atoms with E-state index < -0.39 is 5.82 Å². The van der Waals surface area contributed by atoms with Crippen LogP contribution in [0.4, 0.5) is 10.1 Å². The van der Waals surface area contributed by atoms with E-state index in [1.807, 2.05) is 67.6 Å². The Balaban J connectivity index is 1.37. The minimum Gasteiger partial charge on any atom is -0.319 e. The van der Waals surface area contributed by atoms with Gasteiger partial charge >= 0.3 is 0 Å². The number of carbonyl (C=O) groups excluding carboxylic acids is 1. The van der Waals surface area contributed by atoms with Crippen LogP contribution in [-0.4, -0.2) is 21.1 Å². The predicted octanol–water partition coefficient (Wildman–Crippen LogP) is 6.98. The van der Waals surface area contributed by atoms with Crippen LogP contribution in [0.15, 0.2) is 94.9 Å². The number of aryl methyl sites for hydroxylation is 1. The van der Waals surface area contributed by atoms with E-state index in [4.69, 9.17) is 0 Å². The lowest BCUT2D eigenvalue weighted by atomic mass is 10.2. The number of carbonyl (C=O) groups is 1. The zero-order chi connectivity index (χ0) is 24.2. The third-order valence-corrected chi connectivity index (χ3v) is 6.46. The first kappa shape index (κ1) is 22.6. The molecule has 2 heterocycles. The highest BCUT2D eigenvalue weighted by atomic mass is 32.2. The average Bonchev–Trinajstić information content (AvgIpc) is 3.28. The molecule has 7 heteroatoms. The number of aromatic nitrogens is 3. The summed E-state index contributed by atoms with van der Waals surface area (Å²) in [6.45, 7) is 1.85. The zero-order valence-corrected chi connectivity index (χ0v) is 19.6. The maximum atomic E-state index is 14.2. The molecule has 0 bridgehead atoms. The molecule has 2 N–H and O–H groups in total. The summed E-state index contributed by atoms with van der Waals surface area (Å²) in [4.78, 5) is 19.0. The quantitative estimate of drug-likeness (QED) is 0.275. The third kappa shape index (κ3) is 5.15. The molecule has 0 aliphatic rings. The van der Waals surface area contributed by atoms with Crippen LogP contribution >= 0.6 is 11.8 Å². The van der Waals surface area contributed by atoms with Crippen LogP contribution in [0, 0.1) is 12.7 Å². The number of hydrogen-bond acceptors (Lipinski definition) is 4. The van der Waals surface area contributed by atoms with E-state index in [1.165, 1.54) is 17.8 Å². The Hall–Kier alpha value is -4.23. The number of amides is 1. The van der Waals surface area contributed by atoms with Gasteiger partial charge in [-0.3, -0.25) is 14.9 Å². The molecule has 5 nitrogen and oxygen atoms in total. The predicted molar refractivity (Wildman–Crippen MR) is 139 cm³/mol. The van der Waals surface area contributed by atoms with Crippen LogP contribution in [0.3, 0.4) is 0 Å². The third-order valence-electron chi connectivity index (χ3n) is 5.39. The number of benzene rings is 3. The highest BCUT2D eigenvalue weighted by Crippen LogP contribution is 2.33. The van der Waals surface area contributed by atoms with Crippen LogP contribution in [0.2, 0.25) is 0 Å². The molecule has 0 aliphatic carbocycles. The molecule has 0 radical (unpaired) electrons. The van der Waals surface area contributed by atoms with Crippen molar-refractivity contribution in [2.75, 3.05) is 5.32 Å². The lowest BCUT2D eigenvalue weighted by molar-refractivity contribution is 0.102.